The number of hydrogen-bond acceptors (Lipinski definition) is 6. The monoisotopic (exact) mass is 267 g/mol. The Labute approximate surface area is 112 Å². The summed E-state index contributed by atoms with van der Waals surface area (Å²) < 4.78 is 0. The minimum atomic E-state index is -0.773. The fraction of sp³-hybridized carbons (Fsp3) is 0.833. The van der Waals surface area contributed by atoms with Crippen molar-refractivity contribution in [2.45, 2.75) is 31.7 Å². The first kappa shape index (κ1) is 13.9. The van der Waals surface area contributed by atoms with Crippen molar-refractivity contribution in [1.29, 1.82) is 0 Å². The summed E-state index contributed by atoms with van der Waals surface area (Å²) >= 11 is 0. The second kappa shape index (κ2) is 6.60. The number of nitrogens with two attached hydrogens (primary N) is 1. The molecule has 0 radical (unpaired) electrons. The molecule has 0 aromatic rings. The molecule has 1 atom stereocenters. The average Bonchev–Trinajstić information content (AvgIpc) is 2.46. The first-order valence-electron chi connectivity index (χ1n) is 6.85. The van der Waals surface area contributed by atoms with E-state index >= 15 is 0 Å². The Morgan fingerprint density at radius 2 is 2.05 bits per heavy atom. The van der Waals surface area contributed by atoms with Crippen molar-refractivity contribution < 1.29 is 4.92 Å². The van der Waals surface area contributed by atoms with E-state index in [1.54, 1.807) is 0 Å². The number of guanidine groups is 1. The van der Waals surface area contributed by atoms with Crippen LogP contribution in [0.5, 0.6) is 0 Å². The molecule has 7 nitrogen and oxygen atoms in total. The van der Waals surface area contributed by atoms with Crippen LogP contribution >= 0.6 is 0 Å². The van der Waals surface area contributed by atoms with Crippen molar-refractivity contribution in [2.24, 2.45) is 27.6 Å². The van der Waals surface area contributed by atoms with E-state index in [9.17, 15) is 10.1 Å². The number of nitrogens with zero attached hydrogens (tertiary/aromatic N) is 3. The lowest BCUT2D eigenvalue weighted by molar-refractivity contribution is -0.498. The molecule has 0 aromatic carbocycles. The van der Waals surface area contributed by atoms with Crippen LogP contribution in [0.2, 0.25) is 0 Å². The van der Waals surface area contributed by atoms with Gasteiger partial charge in [0.2, 0.25) is 5.96 Å². The fourth-order valence-electron chi connectivity index (χ4n) is 2.55. The van der Waals surface area contributed by atoms with Crippen molar-refractivity contribution in [3.63, 3.8) is 0 Å². The predicted octanol–water partition coefficient (Wildman–Crippen LogP) is 0.427. The molecule has 3 N–H and O–H groups in total. The normalized spacial score (nSPS) is 30.8. The van der Waals surface area contributed by atoms with Crippen LogP contribution in [-0.4, -0.2) is 42.8 Å². The molecular formula is C12H21N5O2. The van der Waals surface area contributed by atoms with Crippen molar-refractivity contribution in [1.82, 2.24) is 5.32 Å². The van der Waals surface area contributed by atoms with Gasteiger partial charge in [-0.1, -0.05) is 0 Å². The maximum Gasteiger partial charge on any atom is 0.267 e. The average molecular weight is 267 g/mol. The Hall–Kier alpha value is -1.50. The predicted molar refractivity (Wildman–Crippen MR) is 74.1 cm³/mol. The van der Waals surface area contributed by atoms with Crippen LogP contribution in [0.3, 0.4) is 0 Å². The highest BCUT2D eigenvalue weighted by atomic mass is 16.6. The van der Waals surface area contributed by atoms with E-state index < -0.39 is 6.04 Å². The Morgan fingerprint density at radius 1 is 1.37 bits per heavy atom. The van der Waals surface area contributed by atoms with Crippen LogP contribution in [0.15, 0.2) is 9.98 Å². The zero-order valence-electron chi connectivity index (χ0n) is 11.0. The van der Waals surface area contributed by atoms with E-state index in [1.165, 1.54) is 31.9 Å². The van der Waals surface area contributed by atoms with E-state index in [-0.39, 0.29) is 11.5 Å². The van der Waals surface area contributed by atoms with Gasteiger partial charge in [0.05, 0.1) is 6.21 Å². The van der Waals surface area contributed by atoms with Gasteiger partial charge in [-0.2, -0.15) is 0 Å². The summed E-state index contributed by atoms with van der Waals surface area (Å²) in [6.07, 6.45) is 6.12. The topological polar surface area (TPSA) is 106 Å². The van der Waals surface area contributed by atoms with Gasteiger partial charge in [-0.25, -0.2) is 9.98 Å². The number of rotatable bonds is 4. The maximum absolute atomic E-state index is 10.5. The lowest BCUT2D eigenvalue weighted by Crippen LogP contribution is -2.36. The van der Waals surface area contributed by atoms with Crippen LogP contribution in [0, 0.1) is 22.0 Å². The molecule has 1 heterocycles. The third-order valence-corrected chi connectivity index (χ3v) is 3.92. The molecule has 0 amide bonds. The third-order valence-electron chi connectivity index (χ3n) is 3.92. The Morgan fingerprint density at radius 3 is 2.58 bits per heavy atom. The molecule has 0 spiro atoms. The summed E-state index contributed by atoms with van der Waals surface area (Å²) in [5.41, 5.74) is 5.67. The first-order chi connectivity index (χ1) is 9.19. The highest BCUT2D eigenvalue weighted by molar-refractivity contribution is 5.90. The number of aliphatic imine (C=N–C) groups is 2. The van der Waals surface area contributed by atoms with Crippen LogP contribution in [0.1, 0.15) is 25.7 Å². The van der Waals surface area contributed by atoms with Crippen LogP contribution in [-0.2, 0) is 0 Å². The quantitative estimate of drug-likeness (QED) is 0.569. The first-order valence-corrected chi connectivity index (χ1v) is 6.85. The molecule has 2 aliphatic rings. The molecule has 0 saturated heterocycles. The van der Waals surface area contributed by atoms with Crippen molar-refractivity contribution in [3.8, 4) is 0 Å². The lowest BCUT2D eigenvalue weighted by Gasteiger charge is -2.27. The van der Waals surface area contributed by atoms with Crippen LogP contribution < -0.4 is 11.1 Å². The van der Waals surface area contributed by atoms with E-state index in [0.717, 1.165) is 13.1 Å². The van der Waals surface area contributed by atoms with Gasteiger partial charge in [0.25, 0.3) is 6.04 Å². The van der Waals surface area contributed by atoms with E-state index in [4.69, 9.17) is 5.73 Å². The molecule has 1 fully saturated rings. The molecule has 1 aliphatic heterocycles. The molecule has 0 bridgehead atoms. The van der Waals surface area contributed by atoms with Crippen molar-refractivity contribution in [3.05, 3.63) is 10.1 Å². The highest BCUT2D eigenvalue weighted by Gasteiger charge is 2.22. The van der Waals surface area contributed by atoms with Gasteiger partial charge in [0, 0.05) is 11.5 Å². The Bertz CT molecular complexity index is 374. The summed E-state index contributed by atoms with van der Waals surface area (Å²) in [5, 5.41) is 13.7. The number of nitrogens with one attached hydrogen (secondary N) is 1. The minimum Gasteiger partial charge on any atom is -0.354 e. The van der Waals surface area contributed by atoms with Gasteiger partial charge in [-0.15, -0.1) is 0 Å². The smallest absolute Gasteiger partial charge is 0.267 e. The molecule has 19 heavy (non-hydrogen) atoms. The second-order valence-corrected chi connectivity index (χ2v) is 5.30. The molecule has 1 aliphatic carbocycles. The number of hydrogen-bond donors (Lipinski definition) is 2. The molecule has 1 saturated carbocycles. The Kier molecular flexibility index (Phi) is 4.84. The molecule has 1 unspecified atom stereocenters. The summed E-state index contributed by atoms with van der Waals surface area (Å²) in [4.78, 5) is 18.3. The summed E-state index contributed by atoms with van der Waals surface area (Å²) in [6, 6.07) is -0.773. The summed E-state index contributed by atoms with van der Waals surface area (Å²) in [7, 11) is 0. The van der Waals surface area contributed by atoms with Crippen LogP contribution in [0.25, 0.3) is 0 Å². The zero-order chi connectivity index (χ0) is 13.7. The van der Waals surface area contributed by atoms with Crippen LogP contribution in [0.4, 0.5) is 0 Å². The molecule has 7 heteroatoms. The van der Waals surface area contributed by atoms with Crippen molar-refractivity contribution in [2.75, 3.05) is 19.6 Å². The van der Waals surface area contributed by atoms with Gasteiger partial charge in [-0.3, -0.25) is 10.1 Å². The summed E-state index contributed by atoms with van der Waals surface area (Å²) in [5.74, 6) is 1.84. The SMILES string of the molecule is NCC1CCC(CNC2=NCC([N+](=O)[O-])C=N2)CC1. The largest absolute Gasteiger partial charge is 0.354 e. The van der Waals surface area contributed by atoms with E-state index in [2.05, 4.69) is 15.3 Å². The lowest BCUT2D eigenvalue weighted by atomic mass is 9.82. The van der Waals surface area contributed by atoms with Gasteiger partial charge in [0.15, 0.2) is 0 Å². The minimum absolute atomic E-state index is 0.179. The van der Waals surface area contributed by atoms with Gasteiger partial charge in [0.1, 0.15) is 6.54 Å². The summed E-state index contributed by atoms with van der Waals surface area (Å²) in [6.45, 7) is 1.81. The van der Waals surface area contributed by atoms with E-state index in [0.29, 0.717) is 17.8 Å². The molecular weight excluding hydrogens is 246 g/mol. The maximum atomic E-state index is 10.5. The standard InChI is InChI=1S/C12H21N5O2/c13-5-9-1-3-10(4-2-9)6-14-12-15-7-11(8-16-12)17(18)19/h7,9-11H,1-6,8,13H2,(H,14,16). The van der Waals surface area contributed by atoms with Crippen molar-refractivity contribution >= 4 is 12.2 Å². The molecule has 0 aromatic heterocycles. The fourth-order valence-corrected chi connectivity index (χ4v) is 2.55. The molecule has 2 rings (SSSR count). The Balaban J connectivity index is 1.70. The molecule has 106 valence electrons. The second-order valence-electron chi connectivity index (χ2n) is 5.30. The highest BCUT2D eigenvalue weighted by Crippen LogP contribution is 2.27. The third kappa shape index (κ3) is 3.99. The van der Waals surface area contributed by atoms with Gasteiger partial charge < -0.3 is 11.1 Å². The van der Waals surface area contributed by atoms with Gasteiger partial charge >= 0.3 is 0 Å². The zero-order valence-corrected chi connectivity index (χ0v) is 11.0. The van der Waals surface area contributed by atoms with Gasteiger partial charge in [-0.05, 0) is 44.1 Å². The number of nitro groups is 1. The van der Waals surface area contributed by atoms with E-state index in [1.807, 2.05) is 0 Å².